The van der Waals surface area contributed by atoms with Crippen molar-refractivity contribution in [3.63, 3.8) is 0 Å². The number of carbonyl (C=O) groups excluding carboxylic acids is 2. The predicted octanol–water partition coefficient (Wildman–Crippen LogP) is 3.90. The number of rotatable bonds is 7. The molecular weight excluding hydrogens is 389 g/mol. The van der Waals surface area contributed by atoms with E-state index in [1.165, 1.54) is 0 Å². The Morgan fingerprint density at radius 1 is 1.07 bits per heavy atom. The number of hydrogen-bond acceptors (Lipinski definition) is 4. The first-order chi connectivity index (χ1) is 12.8. The molecule has 2 rings (SSSR count). The highest BCUT2D eigenvalue weighted by Crippen LogP contribution is 2.25. The minimum absolute atomic E-state index is 0.0347. The maximum atomic E-state index is 12.4. The van der Waals surface area contributed by atoms with Gasteiger partial charge in [-0.05, 0) is 44.3 Å². The fourth-order valence-corrected chi connectivity index (χ4v) is 2.58. The second-order valence-corrected chi connectivity index (χ2v) is 6.80. The molecule has 2 amide bonds. The number of nitrogens with zero attached hydrogens (tertiary/aromatic N) is 1. The third-order valence-corrected chi connectivity index (χ3v) is 4.71. The van der Waals surface area contributed by atoms with Crippen molar-refractivity contribution in [2.75, 3.05) is 31.3 Å². The van der Waals surface area contributed by atoms with Gasteiger partial charge in [-0.25, -0.2) is 0 Å². The molecule has 6 nitrogen and oxygen atoms in total. The van der Waals surface area contributed by atoms with Gasteiger partial charge in [0.1, 0.15) is 5.75 Å². The van der Waals surface area contributed by atoms with E-state index in [1.807, 2.05) is 0 Å². The minimum atomic E-state index is -0.518. The van der Waals surface area contributed by atoms with E-state index < -0.39 is 6.04 Å². The van der Waals surface area contributed by atoms with E-state index >= 15 is 0 Å². The summed E-state index contributed by atoms with van der Waals surface area (Å²) in [6.45, 7) is 1.76. The quantitative estimate of drug-likeness (QED) is 0.727. The van der Waals surface area contributed by atoms with Crippen LogP contribution in [-0.2, 0) is 9.59 Å². The van der Waals surface area contributed by atoms with Crippen LogP contribution in [-0.4, -0.2) is 43.5 Å². The smallest absolute Gasteiger partial charge is 0.241 e. The zero-order chi connectivity index (χ0) is 20.0. The average molecular weight is 410 g/mol. The summed E-state index contributed by atoms with van der Waals surface area (Å²) in [6.07, 6.45) is 0. The zero-order valence-electron chi connectivity index (χ0n) is 15.3. The number of hydrogen-bond donors (Lipinski definition) is 2. The Kier molecular flexibility index (Phi) is 7.47. The van der Waals surface area contributed by atoms with E-state index in [0.29, 0.717) is 27.2 Å². The first-order valence-electron chi connectivity index (χ1n) is 8.20. The summed E-state index contributed by atoms with van der Waals surface area (Å²) in [6, 6.07) is 11.4. The Morgan fingerprint density at radius 2 is 1.78 bits per heavy atom. The van der Waals surface area contributed by atoms with E-state index in [0.717, 1.165) is 0 Å². The number of carbonyl (C=O) groups is 2. The summed E-state index contributed by atoms with van der Waals surface area (Å²) >= 11 is 11.8. The highest BCUT2D eigenvalue weighted by atomic mass is 35.5. The van der Waals surface area contributed by atoms with E-state index in [9.17, 15) is 9.59 Å². The molecule has 0 heterocycles. The van der Waals surface area contributed by atoms with Gasteiger partial charge in [0.2, 0.25) is 11.8 Å². The molecule has 0 aromatic heterocycles. The fourth-order valence-electron chi connectivity index (χ4n) is 2.29. The number of methoxy groups -OCH3 is 1. The molecule has 0 aliphatic heterocycles. The van der Waals surface area contributed by atoms with Gasteiger partial charge in [0.25, 0.3) is 0 Å². The lowest BCUT2D eigenvalue weighted by Crippen LogP contribution is -2.43. The molecule has 0 fully saturated rings. The number of anilines is 2. The van der Waals surface area contributed by atoms with Crippen LogP contribution >= 0.6 is 23.2 Å². The van der Waals surface area contributed by atoms with Gasteiger partial charge in [0.05, 0.1) is 29.7 Å². The van der Waals surface area contributed by atoms with Gasteiger partial charge < -0.3 is 15.4 Å². The van der Waals surface area contributed by atoms with Gasteiger partial charge in [0.15, 0.2) is 0 Å². The highest BCUT2D eigenvalue weighted by molar-refractivity contribution is 6.42. The summed E-state index contributed by atoms with van der Waals surface area (Å²) in [7, 11) is 3.26. The molecule has 2 N–H and O–H groups in total. The van der Waals surface area contributed by atoms with Gasteiger partial charge >= 0.3 is 0 Å². The minimum Gasteiger partial charge on any atom is -0.497 e. The van der Waals surface area contributed by atoms with E-state index in [1.54, 1.807) is 68.4 Å². The first kappa shape index (κ1) is 21.0. The number of benzene rings is 2. The SMILES string of the molecule is COc1cccc(NC(=O)[C@H](C)N(C)CC(=O)Nc2ccc(Cl)c(Cl)c2)c1. The largest absolute Gasteiger partial charge is 0.497 e. The highest BCUT2D eigenvalue weighted by Gasteiger charge is 2.20. The lowest BCUT2D eigenvalue weighted by atomic mass is 10.2. The van der Waals surface area contributed by atoms with Crippen LogP contribution in [0.2, 0.25) is 10.0 Å². The van der Waals surface area contributed by atoms with Crippen molar-refractivity contribution in [3.8, 4) is 5.75 Å². The van der Waals surface area contributed by atoms with Gasteiger partial charge in [0, 0.05) is 17.4 Å². The summed E-state index contributed by atoms with van der Waals surface area (Å²) in [4.78, 5) is 26.3. The predicted molar refractivity (Wildman–Crippen MR) is 109 cm³/mol. The number of likely N-dealkylation sites (N-methyl/N-ethyl adjacent to an activating group) is 1. The van der Waals surface area contributed by atoms with Gasteiger partial charge in [-0.15, -0.1) is 0 Å². The molecule has 0 spiro atoms. The molecule has 0 saturated heterocycles. The lowest BCUT2D eigenvalue weighted by molar-refractivity contribution is -0.122. The number of ether oxygens (including phenoxy) is 1. The molecule has 1 atom stereocenters. The van der Waals surface area contributed by atoms with E-state index in [-0.39, 0.29) is 18.4 Å². The molecule has 0 radical (unpaired) electrons. The normalized spacial score (nSPS) is 11.8. The van der Waals surface area contributed by atoms with E-state index in [4.69, 9.17) is 27.9 Å². The van der Waals surface area contributed by atoms with Crippen molar-refractivity contribution in [2.45, 2.75) is 13.0 Å². The second-order valence-electron chi connectivity index (χ2n) is 5.99. The number of halogens is 2. The topological polar surface area (TPSA) is 70.7 Å². The molecule has 0 bridgehead atoms. The van der Waals surface area contributed by atoms with Crippen molar-refractivity contribution in [2.24, 2.45) is 0 Å². The molecule has 2 aromatic carbocycles. The maximum Gasteiger partial charge on any atom is 0.241 e. The van der Waals surface area contributed by atoms with Crippen molar-refractivity contribution in [1.29, 1.82) is 0 Å². The summed E-state index contributed by atoms with van der Waals surface area (Å²) in [5.74, 6) is 0.153. The molecule has 2 aromatic rings. The van der Waals surface area contributed by atoms with Crippen LogP contribution in [0.15, 0.2) is 42.5 Å². The Hall–Kier alpha value is -2.28. The average Bonchev–Trinajstić information content (AvgIpc) is 2.64. The van der Waals surface area contributed by atoms with Crippen LogP contribution in [0, 0.1) is 0 Å². The lowest BCUT2D eigenvalue weighted by Gasteiger charge is -2.23. The van der Waals surface area contributed by atoms with E-state index in [2.05, 4.69) is 10.6 Å². The van der Waals surface area contributed by atoms with Crippen molar-refractivity contribution in [3.05, 3.63) is 52.5 Å². The Labute approximate surface area is 168 Å². The molecule has 0 aliphatic carbocycles. The number of amides is 2. The molecule has 27 heavy (non-hydrogen) atoms. The van der Waals surface area contributed by atoms with Gasteiger partial charge in [-0.3, -0.25) is 14.5 Å². The molecule has 0 aliphatic rings. The third-order valence-electron chi connectivity index (χ3n) is 3.97. The summed E-state index contributed by atoms with van der Waals surface area (Å²) in [5.41, 5.74) is 1.16. The molecule has 8 heteroatoms. The Balaban J connectivity index is 1.91. The van der Waals surface area contributed by atoms with Gasteiger partial charge in [-0.2, -0.15) is 0 Å². The van der Waals surface area contributed by atoms with Crippen LogP contribution in [0.4, 0.5) is 11.4 Å². The molecule has 144 valence electrons. The Morgan fingerprint density at radius 3 is 2.44 bits per heavy atom. The van der Waals surface area contributed by atoms with Crippen molar-refractivity contribution < 1.29 is 14.3 Å². The standard InChI is InChI=1S/C19H21Cl2N3O3/c1-12(19(26)23-13-5-4-6-15(9-13)27-3)24(2)11-18(25)22-14-7-8-16(20)17(21)10-14/h4-10,12H,11H2,1-3H3,(H,22,25)(H,23,26)/t12-/m0/s1. The van der Waals surface area contributed by atoms with Crippen LogP contribution < -0.4 is 15.4 Å². The Bertz CT molecular complexity index is 830. The second kappa shape index (κ2) is 9.60. The maximum absolute atomic E-state index is 12.4. The fraction of sp³-hybridized carbons (Fsp3) is 0.263. The third kappa shape index (κ3) is 6.13. The van der Waals surface area contributed by atoms with Crippen LogP contribution in [0.1, 0.15) is 6.92 Å². The summed E-state index contributed by atoms with van der Waals surface area (Å²) in [5, 5.41) is 6.30. The van der Waals surface area contributed by atoms with Gasteiger partial charge in [-0.1, -0.05) is 29.3 Å². The monoisotopic (exact) mass is 409 g/mol. The first-order valence-corrected chi connectivity index (χ1v) is 8.96. The molecule has 0 unspecified atom stereocenters. The van der Waals surface area contributed by atoms with Crippen molar-refractivity contribution >= 4 is 46.4 Å². The zero-order valence-corrected chi connectivity index (χ0v) is 16.8. The number of nitrogens with one attached hydrogen (secondary N) is 2. The van der Waals surface area contributed by atoms with Crippen LogP contribution in [0.5, 0.6) is 5.75 Å². The molecular formula is C19H21Cl2N3O3. The van der Waals surface area contributed by atoms with Crippen LogP contribution in [0.25, 0.3) is 0 Å². The molecule has 0 saturated carbocycles. The van der Waals surface area contributed by atoms with Crippen LogP contribution in [0.3, 0.4) is 0 Å². The van der Waals surface area contributed by atoms with Crippen molar-refractivity contribution in [1.82, 2.24) is 4.90 Å². The summed E-state index contributed by atoms with van der Waals surface area (Å²) < 4.78 is 5.14.